The van der Waals surface area contributed by atoms with Gasteiger partial charge in [-0.2, -0.15) is 5.10 Å². The molecule has 6 heteroatoms. The molecule has 6 nitrogen and oxygen atoms in total. The van der Waals surface area contributed by atoms with Crippen LogP contribution in [-0.2, 0) is 16.1 Å². The second kappa shape index (κ2) is 8.53. The highest BCUT2D eigenvalue weighted by Crippen LogP contribution is 2.33. The van der Waals surface area contributed by atoms with Gasteiger partial charge in [-0.1, -0.05) is 41.5 Å². The van der Waals surface area contributed by atoms with Gasteiger partial charge in [0.1, 0.15) is 0 Å². The van der Waals surface area contributed by atoms with Gasteiger partial charge in [0.25, 0.3) is 0 Å². The second-order valence-corrected chi connectivity index (χ2v) is 7.94. The van der Waals surface area contributed by atoms with Gasteiger partial charge in [0.15, 0.2) is 0 Å². The van der Waals surface area contributed by atoms with E-state index in [1.165, 1.54) is 11.1 Å². The standard InChI is InChI=1S/C24H26N4O2/c1-17-12-18(2)14-20(13-17)22-8-4-11-28(22)24(30)23(29)26-21-7-3-6-19(15-21)16-27-10-5-9-25-27/h3,5-7,9-10,12-15,22H,4,8,11,16H2,1-2H3,(H,26,29). The van der Waals surface area contributed by atoms with E-state index in [4.69, 9.17) is 0 Å². The van der Waals surface area contributed by atoms with Gasteiger partial charge in [-0.15, -0.1) is 0 Å². The SMILES string of the molecule is Cc1cc(C)cc(C2CCCN2C(=O)C(=O)Nc2cccc(Cn3cccn3)c2)c1. The van der Waals surface area contributed by atoms with Crippen LogP contribution in [0.25, 0.3) is 0 Å². The van der Waals surface area contributed by atoms with Gasteiger partial charge in [-0.3, -0.25) is 14.3 Å². The summed E-state index contributed by atoms with van der Waals surface area (Å²) in [5.74, 6) is -1.07. The van der Waals surface area contributed by atoms with E-state index in [9.17, 15) is 9.59 Å². The largest absolute Gasteiger partial charge is 0.327 e. The van der Waals surface area contributed by atoms with Crippen molar-refractivity contribution in [3.8, 4) is 0 Å². The van der Waals surface area contributed by atoms with E-state index in [-0.39, 0.29) is 6.04 Å². The van der Waals surface area contributed by atoms with Gasteiger partial charge in [0.2, 0.25) is 0 Å². The molecule has 1 aliphatic heterocycles. The number of hydrogen-bond donors (Lipinski definition) is 1. The summed E-state index contributed by atoms with van der Waals surface area (Å²) in [5.41, 5.74) is 5.05. The minimum atomic E-state index is -0.595. The van der Waals surface area contributed by atoms with Crippen molar-refractivity contribution in [3.63, 3.8) is 0 Å². The first-order valence-electron chi connectivity index (χ1n) is 10.3. The lowest BCUT2D eigenvalue weighted by Crippen LogP contribution is -2.39. The summed E-state index contributed by atoms with van der Waals surface area (Å²) in [6.45, 7) is 5.32. The smallest absolute Gasteiger partial charge is 0.313 e. The number of aryl methyl sites for hydroxylation is 2. The zero-order chi connectivity index (χ0) is 21.1. The molecule has 1 aromatic heterocycles. The number of nitrogens with zero attached hydrogens (tertiary/aromatic N) is 3. The molecular weight excluding hydrogens is 376 g/mol. The van der Waals surface area contributed by atoms with Crippen LogP contribution in [0.3, 0.4) is 0 Å². The van der Waals surface area contributed by atoms with Crippen LogP contribution >= 0.6 is 0 Å². The Balaban J connectivity index is 1.46. The Labute approximate surface area is 176 Å². The fourth-order valence-corrected chi connectivity index (χ4v) is 4.20. The first kappa shape index (κ1) is 19.9. The van der Waals surface area contributed by atoms with Crippen LogP contribution in [0.15, 0.2) is 60.9 Å². The van der Waals surface area contributed by atoms with Crippen molar-refractivity contribution in [2.75, 3.05) is 11.9 Å². The molecule has 154 valence electrons. The van der Waals surface area contributed by atoms with E-state index >= 15 is 0 Å². The maximum atomic E-state index is 12.9. The summed E-state index contributed by atoms with van der Waals surface area (Å²) in [4.78, 5) is 27.4. The predicted molar refractivity (Wildman–Crippen MR) is 116 cm³/mol. The van der Waals surface area contributed by atoms with Gasteiger partial charge < -0.3 is 10.2 Å². The van der Waals surface area contributed by atoms with Gasteiger partial charge >= 0.3 is 11.8 Å². The average Bonchev–Trinajstić information content (AvgIpc) is 3.39. The van der Waals surface area contributed by atoms with Crippen LogP contribution in [0.5, 0.6) is 0 Å². The number of carbonyl (C=O) groups is 2. The molecule has 2 aromatic carbocycles. The van der Waals surface area contributed by atoms with Crippen molar-refractivity contribution >= 4 is 17.5 Å². The van der Waals surface area contributed by atoms with E-state index in [0.29, 0.717) is 18.8 Å². The van der Waals surface area contributed by atoms with Crippen molar-refractivity contribution in [3.05, 3.63) is 83.2 Å². The zero-order valence-corrected chi connectivity index (χ0v) is 17.3. The molecule has 0 aliphatic carbocycles. The van der Waals surface area contributed by atoms with Crippen LogP contribution in [0.2, 0.25) is 0 Å². The fourth-order valence-electron chi connectivity index (χ4n) is 4.20. The molecule has 1 fully saturated rings. The summed E-state index contributed by atoms with van der Waals surface area (Å²) >= 11 is 0. The first-order chi connectivity index (χ1) is 14.5. The van der Waals surface area contributed by atoms with Crippen molar-refractivity contribution in [1.82, 2.24) is 14.7 Å². The van der Waals surface area contributed by atoms with Crippen molar-refractivity contribution in [2.45, 2.75) is 39.3 Å². The number of rotatable bonds is 4. The number of amides is 2. The van der Waals surface area contributed by atoms with E-state index in [2.05, 4.69) is 42.5 Å². The van der Waals surface area contributed by atoms with Crippen LogP contribution in [0.4, 0.5) is 5.69 Å². The fraction of sp³-hybridized carbons (Fsp3) is 0.292. The molecule has 0 spiro atoms. The maximum Gasteiger partial charge on any atom is 0.313 e. The second-order valence-electron chi connectivity index (χ2n) is 7.94. The van der Waals surface area contributed by atoms with Crippen LogP contribution in [-0.4, -0.2) is 33.0 Å². The third-order valence-electron chi connectivity index (χ3n) is 5.43. The predicted octanol–water partition coefficient (Wildman–Crippen LogP) is 3.85. The molecule has 0 saturated carbocycles. The number of carbonyl (C=O) groups excluding carboxylic acids is 2. The highest BCUT2D eigenvalue weighted by Gasteiger charge is 2.33. The summed E-state index contributed by atoms with van der Waals surface area (Å²) in [5, 5.41) is 6.97. The quantitative estimate of drug-likeness (QED) is 0.674. The van der Waals surface area contributed by atoms with Crippen LogP contribution in [0.1, 0.15) is 41.1 Å². The Hall–Kier alpha value is -3.41. The molecule has 0 radical (unpaired) electrons. The van der Waals surface area contributed by atoms with E-state index in [1.807, 2.05) is 35.1 Å². The lowest BCUT2D eigenvalue weighted by Gasteiger charge is -2.25. The highest BCUT2D eigenvalue weighted by molar-refractivity contribution is 6.39. The Morgan fingerprint density at radius 2 is 1.90 bits per heavy atom. The molecular formula is C24H26N4O2. The number of likely N-dealkylation sites (tertiary alicyclic amines) is 1. The van der Waals surface area contributed by atoms with E-state index < -0.39 is 11.8 Å². The number of benzene rings is 2. The number of hydrogen-bond acceptors (Lipinski definition) is 3. The summed E-state index contributed by atoms with van der Waals surface area (Å²) in [7, 11) is 0. The third-order valence-corrected chi connectivity index (χ3v) is 5.43. The molecule has 1 saturated heterocycles. The van der Waals surface area contributed by atoms with Gasteiger partial charge in [0, 0.05) is 24.6 Å². The van der Waals surface area contributed by atoms with Gasteiger partial charge in [-0.05, 0) is 56.0 Å². The molecule has 1 atom stereocenters. The molecule has 0 bridgehead atoms. The molecule has 30 heavy (non-hydrogen) atoms. The average molecular weight is 402 g/mol. The maximum absolute atomic E-state index is 12.9. The lowest BCUT2D eigenvalue weighted by atomic mass is 9.99. The summed E-state index contributed by atoms with van der Waals surface area (Å²) in [6.07, 6.45) is 5.39. The third kappa shape index (κ3) is 4.43. The number of anilines is 1. The molecule has 1 N–H and O–H groups in total. The molecule has 2 heterocycles. The first-order valence-corrected chi connectivity index (χ1v) is 10.3. The Kier molecular flexibility index (Phi) is 5.65. The minimum Gasteiger partial charge on any atom is -0.327 e. The Morgan fingerprint density at radius 3 is 2.63 bits per heavy atom. The molecule has 1 aliphatic rings. The van der Waals surface area contributed by atoms with Crippen molar-refractivity contribution < 1.29 is 9.59 Å². The van der Waals surface area contributed by atoms with E-state index in [0.717, 1.165) is 24.0 Å². The Morgan fingerprint density at radius 1 is 1.10 bits per heavy atom. The molecule has 3 aromatic rings. The van der Waals surface area contributed by atoms with E-state index in [1.54, 1.807) is 17.2 Å². The van der Waals surface area contributed by atoms with Crippen LogP contribution < -0.4 is 5.32 Å². The normalized spacial score (nSPS) is 15.9. The Bertz CT molecular complexity index is 1040. The highest BCUT2D eigenvalue weighted by atomic mass is 16.2. The molecule has 2 amide bonds. The number of aromatic nitrogens is 2. The van der Waals surface area contributed by atoms with Gasteiger partial charge in [0.05, 0.1) is 12.6 Å². The van der Waals surface area contributed by atoms with Crippen LogP contribution in [0, 0.1) is 13.8 Å². The summed E-state index contributed by atoms with van der Waals surface area (Å²) in [6, 6.07) is 15.7. The van der Waals surface area contributed by atoms with Crippen molar-refractivity contribution in [2.24, 2.45) is 0 Å². The zero-order valence-electron chi connectivity index (χ0n) is 17.3. The monoisotopic (exact) mass is 402 g/mol. The molecule has 4 rings (SSSR count). The minimum absolute atomic E-state index is 0.0481. The lowest BCUT2D eigenvalue weighted by molar-refractivity contribution is -0.143. The van der Waals surface area contributed by atoms with Gasteiger partial charge in [-0.25, -0.2) is 0 Å². The molecule has 1 unspecified atom stereocenters. The topological polar surface area (TPSA) is 67.2 Å². The summed E-state index contributed by atoms with van der Waals surface area (Å²) < 4.78 is 1.81. The number of nitrogens with one attached hydrogen (secondary N) is 1. The van der Waals surface area contributed by atoms with Crippen molar-refractivity contribution in [1.29, 1.82) is 0 Å².